The van der Waals surface area contributed by atoms with E-state index in [1.165, 1.54) is 93.9 Å². The molecule has 9 aromatic carbocycles. The first kappa shape index (κ1) is 35.9. The second-order valence-corrected chi connectivity index (χ2v) is 15.0. The van der Waals surface area contributed by atoms with E-state index in [4.69, 9.17) is 5.73 Å². The molecule has 1 spiro atoms. The van der Waals surface area contributed by atoms with Gasteiger partial charge in [0, 0.05) is 6.54 Å². The summed E-state index contributed by atoms with van der Waals surface area (Å²) in [7, 11) is 0. The van der Waals surface area contributed by atoms with Crippen LogP contribution in [0.1, 0.15) is 38.9 Å². The van der Waals surface area contributed by atoms with Crippen LogP contribution in [0.5, 0.6) is 0 Å². The Bertz CT molecular complexity index is 2820. The van der Waals surface area contributed by atoms with Gasteiger partial charge in [-0.2, -0.15) is 0 Å². The average Bonchev–Trinajstić information content (AvgIpc) is 3.75. The Labute approximate surface area is 336 Å². The molecule has 0 aliphatic heterocycles. The summed E-state index contributed by atoms with van der Waals surface area (Å²) >= 11 is 0. The van der Waals surface area contributed by atoms with Crippen LogP contribution in [0.3, 0.4) is 0 Å². The van der Waals surface area contributed by atoms with Gasteiger partial charge in [-0.15, -0.1) is 6.58 Å². The summed E-state index contributed by atoms with van der Waals surface area (Å²) in [5.74, 6) is 0. The van der Waals surface area contributed by atoms with E-state index in [2.05, 4.69) is 165 Å². The number of rotatable bonds is 5. The maximum Gasteiger partial charge on any atom is 0.0726 e. The van der Waals surface area contributed by atoms with Gasteiger partial charge < -0.3 is 5.73 Å². The lowest BCUT2D eigenvalue weighted by Gasteiger charge is -2.31. The Hall–Kier alpha value is -6.80. The zero-order chi connectivity index (χ0) is 38.8. The number of fused-ring (bicyclic) bond motifs is 7. The Morgan fingerprint density at radius 3 is 1.60 bits per heavy atom. The molecule has 0 saturated carbocycles. The van der Waals surface area contributed by atoms with E-state index in [0.29, 0.717) is 6.54 Å². The highest BCUT2D eigenvalue weighted by atomic mass is 14.5. The molecule has 0 saturated heterocycles. The topological polar surface area (TPSA) is 26.0 Å². The fourth-order valence-electron chi connectivity index (χ4n) is 9.16. The van der Waals surface area contributed by atoms with Crippen LogP contribution in [0.25, 0.3) is 54.9 Å². The Kier molecular flexibility index (Phi) is 9.68. The SMILES string of the molecule is C=CCc1ccccc1.Cc1cccc(-c2cccc(-c3cccc4c3-c3ccccc3C43c4cccc5ccc6cccc3c6c45)c2)c1.NCc1ccccc1. The van der Waals surface area contributed by atoms with Gasteiger partial charge in [0.05, 0.1) is 5.41 Å². The lowest BCUT2D eigenvalue weighted by Crippen LogP contribution is -2.26. The summed E-state index contributed by atoms with van der Waals surface area (Å²) < 4.78 is 0. The van der Waals surface area contributed by atoms with Gasteiger partial charge in [0.25, 0.3) is 0 Å². The van der Waals surface area contributed by atoms with Gasteiger partial charge in [0.2, 0.25) is 0 Å². The van der Waals surface area contributed by atoms with E-state index in [1.54, 1.807) is 0 Å². The van der Waals surface area contributed by atoms with Crippen molar-refractivity contribution in [3.05, 3.63) is 252 Å². The van der Waals surface area contributed by atoms with Crippen molar-refractivity contribution in [2.24, 2.45) is 5.73 Å². The molecule has 0 bridgehead atoms. The molecule has 11 rings (SSSR count). The second-order valence-electron chi connectivity index (χ2n) is 15.0. The van der Waals surface area contributed by atoms with Crippen LogP contribution in [-0.4, -0.2) is 0 Å². The van der Waals surface area contributed by atoms with Gasteiger partial charge in [-0.1, -0.05) is 206 Å². The largest absolute Gasteiger partial charge is 0.326 e. The normalized spacial score (nSPS) is 12.4. The summed E-state index contributed by atoms with van der Waals surface area (Å²) in [6.45, 7) is 6.46. The van der Waals surface area contributed by atoms with Crippen LogP contribution in [0.15, 0.2) is 213 Å². The van der Waals surface area contributed by atoms with Crippen molar-refractivity contribution in [2.75, 3.05) is 0 Å². The van der Waals surface area contributed by atoms with Crippen molar-refractivity contribution >= 4 is 21.5 Å². The standard InChI is InChI=1S/C40H26.C9H10.C7H9N/c1-25-9-4-12-28(23-25)29-13-5-14-30(24-29)31-16-8-20-36-39(31)32-15-2-3-17-33(32)40(36)34-18-6-10-26-21-22-27-11-7-19-35(40)38(27)37(26)34;1-2-6-9-7-4-3-5-8-9;8-6-7-4-2-1-3-5-7/h2-24H,1H3;2-5,7-8H,1,6H2;1-5H,6,8H2. The predicted octanol–water partition coefficient (Wildman–Crippen LogP) is 13.9. The molecule has 9 aromatic rings. The predicted molar refractivity (Wildman–Crippen MR) is 243 cm³/mol. The highest BCUT2D eigenvalue weighted by Gasteiger charge is 2.51. The van der Waals surface area contributed by atoms with Crippen molar-refractivity contribution in [2.45, 2.75) is 25.3 Å². The number of allylic oxidation sites excluding steroid dienone is 1. The lowest BCUT2D eigenvalue weighted by molar-refractivity contribution is 0.797. The Balaban J connectivity index is 0.000000206. The molecular formula is C56H45N. The quantitative estimate of drug-likeness (QED) is 0.138. The van der Waals surface area contributed by atoms with Crippen LogP contribution in [0, 0.1) is 6.92 Å². The van der Waals surface area contributed by atoms with Crippen molar-refractivity contribution in [3.63, 3.8) is 0 Å². The van der Waals surface area contributed by atoms with E-state index in [1.807, 2.05) is 54.6 Å². The molecule has 0 unspecified atom stereocenters. The van der Waals surface area contributed by atoms with E-state index >= 15 is 0 Å². The maximum absolute atomic E-state index is 5.35. The zero-order valence-corrected chi connectivity index (χ0v) is 32.3. The second kappa shape index (κ2) is 15.4. The van der Waals surface area contributed by atoms with E-state index < -0.39 is 0 Å². The Morgan fingerprint density at radius 1 is 0.456 bits per heavy atom. The highest BCUT2D eigenvalue weighted by Crippen LogP contribution is 2.63. The van der Waals surface area contributed by atoms with Gasteiger partial charge in [0.15, 0.2) is 0 Å². The molecule has 2 aliphatic carbocycles. The molecular weight excluding hydrogens is 687 g/mol. The molecule has 2 N–H and O–H groups in total. The first-order chi connectivity index (χ1) is 28.1. The number of hydrogen-bond acceptors (Lipinski definition) is 1. The van der Waals surface area contributed by atoms with Crippen molar-refractivity contribution < 1.29 is 0 Å². The monoisotopic (exact) mass is 731 g/mol. The third-order valence-electron chi connectivity index (χ3n) is 11.6. The Morgan fingerprint density at radius 2 is 0.965 bits per heavy atom. The summed E-state index contributed by atoms with van der Waals surface area (Å²) in [5.41, 5.74) is 22.2. The van der Waals surface area contributed by atoms with Crippen LogP contribution in [0.2, 0.25) is 0 Å². The zero-order valence-electron chi connectivity index (χ0n) is 32.3. The molecule has 1 heteroatoms. The summed E-state index contributed by atoms with van der Waals surface area (Å²) in [6, 6.07) is 72.6. The van der Waals surface area contributed by atoms with Crippen molar-refractivity contribution in [1.82, 2.24) is 0 Å². The maximum atomic E-state index is 5.35. The summed E-state index contributed by atoms with van der Waals surface area (Å²) in [6.07, 6.45) is 2.89. The number of benzene rings is 9. The molecule has 2 aliphatic rings. The number of hydrogen-bond donors (Lipinski definition) is 1. The van der Waals surface area contributed by atoms with Gasteiger partial charge in [0.1, 0.15) is 0 Å². The first-order valence-electron chi connectivity index (χ1n) is 19.9. The van der Waals surface area contributed by atoms with Gasteiger partial charge in [-0.05, 0) is 108 Å². The minimum absolute atomic E-state index is 0.321. The van der Waals surface area contributed by atoms with Crippen LogP contribution in [0.4, 0.5) is 0 Å². The smallest absolute Gasteiger partial charge is 0.0726 e. The molecule has 0 fully saturated rings. The van der Waals surface area contributed by atoms with Crippen molar-refractivity contribution in [1.29, 1.82) is 0 Å². The van der Waals surface area contributed by atoms with E-state index in [0.717, 1.165) is 6.42 Å². The number of nitrogens with two attached hydrogens (primary N) is 1. The van der Waals surface area contributed by atoms with Gasteiger partial charge in [-0.3, -0.25) is 0 Å². The van der Waals surface area contributed by atoms with Crippen LogP contribution >= 0.6 is 0 Å². The average molecular weight is 732 g/mol. The molecule has 0 atom stereocenters. The summed E-state index contributed by atoms with van der Waals surface area (Å²) in [4.78, 5) is 0. The number of aryl methyl sites for hydroxylation is 1. The molecule has 0 amide bonds. The molecule has 0 heterocycles. The fourth-order valence-corrected chi connectivity index (χ4v) is 9.16. The van der Waals surface area contributed by atoms with Gasteiger partial charge >= 0.3 is 0 Å². The van der Waals surface area contributed by atoms with Crippen LogP contribution < -0.4 is 5.73 Å². The van der Waals surface area contributed by atoms with E-state index in [9.17, 15) is 0 Å². The fraction of sp³-hybridized carbons (Fsp3) is 0.0714. The van der Waals surface area contributed by atoms with E-state index in [-0.39, 0.29) is 5.41 Å². The minimum atomic E-state index is -0.321. The molecule has 0 aromatic heterocycles. The van der Waals surface area contributed by atoms with Crippen LogP contribution in [-0.2, 0) is 18.4 Å². The first-order valence-corrected chi connectivity index (χ1v) is 19.9. The molecule has 1 nitrogen and oxygen atoms in total. The summed E-state index contributed by atoms with van der Waals surface area (Å²) in [5, 5.41) is 5.46. The van der Waals surface area contributed by atoms with Gasteiger partial charge in [-0.25, -0.2) is 0 Å². The minimum Gasteiger partial charge on any atom is -0.326 e. The lowest BCUT2D eigenvalue weighted by atomic mass is 9.70. The van der Waals surface area contributed by atoms with Crippen molar-refractivity contribution in [3.8, 4) is 33.4 Å². The third kappa shape index (κ3) is 6.27. The molecule has 274 valence electrons. The highest BCUT2D eigenvalue weighted by molar-refractivity contribution is 6.17. The molecule has 0 radical (unpaired) electrons. The molecule has 57 heavy (non-hydrogen) atoms. The third-order valence-corrected chi connectivity index (χ3v) is 11.6.